The molecule has 2 heterocycles. The topological polar surface area (TPSA) is 135 Å². The van der Waals surface area contributed by atoms with E-state index in [0.717, 1.165) is 29.7 Å². The van der Waals surface area contributed by atoms with Gasteiger partial charge in [0.15, 0.2) is 5.75 Å². The number of nitrogens with zero attached hydrogens (tertiary/aromatic N) is 5. The van der Waals surface area contributed by atoms with Gasteiger partial charge in [-0.3, -0.25) is 4.72 Å². The fourth-order valence-corrected chi connectivity index (χ4v) is 5.20. The molecule has 198 valence electrons. The molecule has 1 unspecified atom stereocenters. The minimum absolute atomic E-state index is 0.00210. The van der Waals surface area contributed by atoms with Crippen molar-refractivity contribution in [3.8, 4) is 0 Å². The Labute approximate surface area is 209 Å². The number of aryl methyl sites for hydroxylation is 1. The van der Waals surface area contributed by atoms with Crippen molar-refractivity contribution in [2.75, 3.05) is 42.7 Å². The number of carbonyl (C=O) groups excluding carboxylic acids is 1. The summed E-state index contributed by atoms with van der Waals surface area (Å²) in [5, 5.41) is 15.2. The lowest BCUT2D eigenvalue weighted by atomic mass is 9.94. The van der Waals surface area contributed by atoms with Gasteiger partial charge in [0, 0.05) is 25.9 Å². The van der Waals surface area contributed by atoms with E-state index in [2.05, 4.69) is 20.4 Å². The number of fused-ring (bicyclic) bond motifs is 1. The van der Waals surface area contributed by atoms with Crippen LogP contribution in [-0.2, 0) is 25.9 Å². The van der Waals surface area contributed by atoms with Gasteiger partial charge in [0.2, 0.25) is 15.0 Å². The molecule has 36 heavy (non-hydrogen) atoms. The van der Waals surface area contributed by atoms with Crippen molar-refractivity contribution < 1.29 is 35.9 Å². The van der Waals surface area contributed by atoms with Crippen molar-refractivity contribution in [1.29, 1.82) is 0 Å². The summed E-state index contributed by atoms with van der Waals surface area (Å²) < 4.78 is 74.5. The van der Waals surface area contributed by atoms with E-state index in [9.17, 15) is 26.4 Å². The van der Waals surface area contributed by atoms with Crippen LogP contribution >= 0.6 is 11.3 Å². The number of alkyl halides is 3. The highest BCUT2D eigenvalue weighted by atomic mass is 32.2. The molecule has 0 saturated heterocycles. The smallest absolute Gasteiger partial charge is 0.404 e. The Hall–Kier alpha value is -2.85. The van der Waals surface area contributed by atoms with Crippen molar-refractivity contribution in [1.82, 2.24) is 10.2 Å². The molecule has 1 aliphatic heterocycles. The molecule has 0 aliphatic carbocycles. The molecule has 16 heteroatoms. The van der Waals surface area contributed by atoms with Gasteiger partial charge in [0.25, 0.3) is 5.13 Å². The second-order valence-corrected chi connectivity index (χ2v) is 10.6. The van der Waals surface area contributed by atoms with E-state index in [-0.39, 0.29) is 40.8 Å². The number of halogens is 3. The van der Waals surface area contributed by atoms with Crippen LogP contribution in [0.2, 0.25) is 0 Å². The molecule has 1 aromatic heterocycles. The molecule has 0 bridgehead atoms. The van der Waals surface area contributed by atoms with Crippen molar-refractivity contribution >= 4 is 49.5 Å². The standard InChI is InChI=1S/C20H25F3N6O5S2/c1-4-13-6-5-12-9-14(24-26-19-27-25-17(35-19)18(30)34-8-7-33-3)15(10-16(12)29(13)2)28-36(31,32)11-20(21,22)23/h9-10,13,28H,4-8,11H2,1-3H3. The van der Waals surface area contributed by atoms with Crippen LogP contribution in [0.1, 0.15) is 35.1 Å². The predicted octanol–water partition coefficient (Wildman–Crippen LogP) is 4.22. The van der Waals surface area contributed by atoms with Gasteiger partial charge < -0.3 is 14.4 Å². The number of nitrogens with one attached hydrogen (secondary N) is 1. The van der Waals surface area contributed by atoms with Crippen LogP contribution in [0.15, 0.2) is 22.4 Å². The number of aromatic nitrogens is 2. The van der Waals surface area contributed by atoms with E-state index >= 15 is 0 Å². The lowest BCUT2D eigenvalue weighted by Gasteiger charge is -2.36. The molecule has 0 fully saturated rings. The second-order valence-electron chi connectivity index (χ2n) is 7.90. The summed E-state index contributed by atoms with van der Waals surface area (Å²) in [6.45, 7) is 2.25. The van der Waals surface area contributed by atoms with E-state index in [4.69, 9.17) is 9.47 Å². The number of ether oxygens (including phenoxy) is 2. The summed E-state index contributed by atoms with van der Waals surface area (Å²) in [6, 6.07) is 3.24. The van der Waals surface area contributed by atoms with Crippen LogP contribution in [-0.4, -0.2) is 69.9 Å². The first-order chi connectivity index (χ1) is 16.9. The average Bonchev–Trinajstić information content (AvgIpc) is 3.26. The third kappa shape index (κ3) is 7.33. The maximum Gasteiger partial charge on any atom is 0.404 e. The highest BCUT2D eigenvalue weighted by molar-refractivity contribution is 7.92. The number of benzene rings is 1. The van der Waals surface area contributed by atoms with Crippen molar-refractivity contribution in [2.24, 2.45) is 10.2 Å². The molecular formula is C20H25F3N6O5S2. The van der Waals surface area contributed by atoms with Gasteiger partial charge in [-0.1, -0.05) is 18.3 Å². The number of azo groups is 1. The summed E-state index contributed by atoms with van der Waals surface area (Å²) in [7, 11) is -1.47. The van der Waals surface area contributed by atoms with Gasteiger partial charge in [-0.15, -0.1) is 20.4 Å². The van der Waals surface area contributed by atoms with Gasteiger partial charge in [-0.25, -0.2) is 13.2 Å². The number of anilines is 2. The largest absolute Gasteiger partial charge is 0.458 e. The number of hydrogen-bond donors (Lipinski definition) is 1. The normalized spacial score (nSPS) is 16.3. The molecule has 0 radical (unpaired) electrons. The molecule has 11 nitrogen and oxygen atoms in total. The van der Waals surface area contributed by atoms with Crippen LogP contribution in [0.5, 0.6) is 0 Å². The Balaban J connectivity index is 1.92. The summed E-state index contributed by atoms with van der Waals surface area (Å²) in [5.41, 5.74) is 1.37. The number of methoxy groups -OCH3 is 1. The molecule has 0 saturated carbocycles. The first-order valence-electron chi connectivity index (χ1n) is 10.8. The van der Waals surface area contributed by atoms with Gasteiger partial charge in [0.1, 0.15) is 12.3 Å². The number of esters is 1. The maximum atomic E-state index is 12.8. The van der Waals surface area contributed by atoms with Gasteiger partial charge in [-0.05, 0) is 37.0 Å². The Kier molecular flexibility index (Phi) is 8.84. The molecule has 1 N–H and O–H groups in total. The number of rotatable bonds is 10. The van der Waals surface area contributed by atoms with E-state index in [1.165, 1.54) is 13.2 Å². The Morgan fingerprint density at radius 3 is 2.69 bits per heavy atom. The summed E-state index contributed by atoms with van der Waals surface area (Å²) >= 11 is 0.784. The summed E-state index contributed by atoms with van der Waals surface area (Å²) in [4.78, 5) is 13.9. The molecular weight excluding hydrogens is 525 g/mol. The van der Waals surface area contributed by atoms with Crippen molar-refractivity contribution in [2.45, 2.75) is 38.4 Å². The summed E-state index contributed by atoms with van der Waals surface area (Å²) in [6.07, 6.45) is -2.56. The Morgan fingerprint density at radius 1 is 1.28 bits per heavy atom. The Morgan fingerprint density at radius 2 is 2.03 bits per heavy atom. The summed E-state index contributed by atoms with van der Waals surface area (Å²) in [5.74, 6) is -2.78. The van der Waals surface area contributed by atoms with Gasteiger partial charge in [0.05, 0.1) is 12.3 Å². The quantitative estimate of drug-likeness (QED) is 0.264. The number of carbonyl (C=O) groups is 1. The minimum atomic E-state index is -4.92. The zero-order valence-corrected chi connectivity index (χ0v) is 21.3. The lowest BCUT2D eigenvalue weighted by Crippen LogP contribution is -2.35. The molecule has 2 aromatic rings. The predicted molar refractivity (Wildman–Crippen MR) is 127 cm³/mol. The van der Waals surface area contributed by atoms with E-state index in [0.29, 0.717) is 12.1 Å². The molecule has 1 atom stereocenters. The second kappa shape index (κ2) is 11.5. The maximum absolute atomic E-state index is 12.8. The van der Waals surface area contributed by atoms with Crippen LogP contribution in [0.3, 0.4) is 0 Å². The van der Waals surface area contributed by atoms with Crippen LogP contribution in [0.4, 0.5) is 35.4 Å². The Bertz CT molecular complexity index is 1220. The van der Waals surface area contributed by atoms with Crippen LogP contribution in [0, 0.1) is 0 Å². The minimum Gasteiger partial charge on any atom is -0.458 e. The molecule has 1 aromatic carbocycles. The van der Waals surface area contributed by atoms with E-state index in [1.54, 1.807) is 6.07 Å². The molecule has 1 aliphatic rings. The van der Waals surface area contributed by atoms with Crippen LogP contribution < -0.4 is 9.62 Å². The number of hydrogen-bond acceptors (Lipinski definition) is 11. The highest BCUT2D eigenvalue weighted by Crippen LogP contribution is 2.40. The lowest BCUT2D eigenvalue weighted by molar-refractivity contribution is -0.106. The van der Waals surface area contributed by atoms with Crippen molar-refractivity contribution in [3.05, 3.63) is 22.7 Å². The van der Waals surface area contributed by atoms with Gasteiger partial charge >= 0.3 is 12.1 Å². The molecule has 0 spiro atoms. The fourth-order valence-electron chi connectivity index (χ4n) is 3.64. The molecule has 3 rings (SSSR count). The zero-order chi connectivity index (χ0) is 26.5. The average molecular weight is 551 g/mol. The first-order valence-corrected chi connectivity index (χ1v) is 13.3. The highest BCUT2D eigenvalue weighted by Gasteiger charge is 2.36. The molecule has 0 amide bonds. The van der Waals surface area contributed by atoms with Crippen molar-refractivity contribution in [3.63, 3.8) is 0 Å². The van der Waals surface area contributed by atoms with E-state index < -0.39 is 27.9 Å². The fraction of sp³-hybridized carbons (Fsp3) is 0.550. The monoisotopic (exact) mass is 550 g/mol. The SMILES string of the molecule is CCC1CCc2cc(N=Nc3nnc(C(=O)OCCOC)s3)c(NS(=O)(=O)CC(F)(F)F)cc2N1C. The third-order valence-electron chi connectivity index (χ3n) is 5.31. The van der Waals surface area contributed by atoms with Crippen LogP contribution in [0.25, 0.3) is 0 Å². The first kappa shape index (κ1) is 27.7. The zero-order valence-electron chi connectivity index (χ0n) is 19.7. The number of sulfonamides is 1. The van der Waals surface area contributed by atoms with E-state index in [1.807, 2.05) is 23.6 Å². The van der Waals surface area contributed by atoms with Gasteiger partial charge in [-0.2, -0.15) is 13.2 Å². The third-order valence-corrected chi connectivity index (χ3v) is 7.34.